The van der Waals surface area contributed by atoms with Gasteiger partial charge >= 0.3 is 6.03 Å². The van der Waals surface area contributed by atoms with Crippen molar-refractivity contribution >= 4 is 17.8 Å². The van der Waals surface area contributed by atoms with E-state index in [-0.39, 0.29) is 24.9 Å². The predicted octanol–water partition coefficient (Wildman–Crippen LogP) is 1.30. The van der Waals surface area contributed by atoms with Crippen molar-refractivity contribution in [3.05, 3.63) is 70.8 Å². The zero-order valence-electron chi connectivity index (χ0n) is 18.7. The van der Waals surface area contributed by atoms with Crippen molar-refractivity contribution < 1.29 is 28.3 Å². The summed E-state index contributed by atoms with van der Waals surface area (Å²) in [6.07, 6.45) is -0.585. The van der Waals surface area contributed by atoms with E-state index in [2.05, 4.69) is 28.9 Å². The molecule has 182 valence electrons. The highest BCUT2D eigenvalue weighted by molar-refractivity contribution is 6.05. The van der Waals surface area contributed by atoms with Crippen molar-refractivity contribution in [2.45, 2.75) is 50.9 Å². The van der Waals surface area contributed by atoms with Crippen molar-refractivity contribution in [1.82, 2.24) is 21.3 Å². The molecule has 0 spiro atoms. The van der Waals surface area contributed by atoms with Crippen molar-refractivity contribution in [2.75, 3.05) is 6.54 Å². The van der Waals surface area contributed by atoms with Crippen LogP contribution in [0.4, 0.5) is 13.6 Å². The maximum absolute atomic E-state index is 13.7. The average Bonchev–Trinajstić information content (AvgIpc) is 3.09. The Morgan fingerprint density at radius 3 is 2.44 bits per heavy atom. The predicted molar refractivity (Wildman–Crippen MR) is 121 cm³/mol. The lowest BCUT2D eigenvalue weighted by Crippen LogP contribution is -2.50. The fourth-order valence-corrected chi connectivity index (χ4v) is 3.79. The molecular weight excluding hydrogens is 446 g/mol. The number of halogens is 2. The molecule has 1 fully saturated rings. The van der Waals surface area contributed by atoms with Crippen LogP contribution in [0.2, 0.25) is 0 Å². The van der Waals surface area contributed by atoms with Crippen LogP contribution in [-0.4, -0.2) is 47.7 Å². The van der Waals surface area contributed by atoms with E-state index < -0.39 is 47.7 Å². The summed E-state index contributed by atoms with van der Waals surface area (Å²) in [5, 5.41) is 20.9. The monoisotopic (exact) mass is 474 g/mol. The lowest BCUT2D eigenvalue weighted by Gasteiger charge is -2.25. The highest BCUT2D eigenvalue weighted by Gasteiger charge is 2.32. The lowest BCUT2D eigenvalue weighted by molar-refractivity contribution is -0.127. The second kappa shape index (κ2) is 11.7. The first-order chi connectivity index (χ1) is 16.2. The van der Waals surface area contributed by atoms with E-state index in [1.807, 2.05) is 23.5 Å². The summed E-state index contributed by atoms with van der Waals surface area (Å²) < 4.78 is 27.3. The topological polar surface area (TPSA) is 120 Å². The Labute approximate surface area is 196 Å². The van der Waals surface area contributed by atoms with Gasteiger partial charge in [0.05, 0.1) is 18.6 Å². The van der Waals surface area contributed by atoms with Gasteiger partial charge in [0.25, 0.3) is 5.91 Å². The minimum atomic E-state index is -1.10. The number of aliphatic hydroxyl groups excluding tert-OH is 1. The normalized spacial score (nSPS) is 17.1. The summed E-state index contributed by atoms with van der Waals surface area (Å²) in [4.78, 5) is 35.5. The fourth-order valence-electron chi connectivity index (χ4n) is 3.79. The maximum Gasteiger partial charge on any atom is 0.322 e. The molecule has 1 aliphatic heterocycles. The number of amides is 4. The Balaban J connectivity index is 1.64. The highest BCUT2D eigenvalue weighted by atomic mass is 19.1. The summed E-state index contributed by atoms with van der Waals surface area (Å²) in [5.74, 6) is -2.76. The van der Waals surface area contributed by atoms with Gasteiger partial charge in [0.1, 0.15) is 17.7 Å². The van der Waals surface area contributed by atoms with Crippen molar-refractivity contribution in [2.24, 2.45) is 0 Å². The number of rotatable bonds is 11. The van der Waals surface area contributed by atoms with E-state index in [9.17, 15) is 28.3 Å². The molecule has 1 saturated heterocycles. The van der Waals surface area contributed by atoms with Crippen LogP contribution in [0.25, 0.3) is 0 Å². The summed E-state index contributed by atoms with van der Waals surface area (Å²) in [7, 11) is 0. The minimum absolute atomic E-state index is 0.0438. The maximum atomic E-state index is 13.7. The molecule has 0 aromatic heterocycles. The summed E-state index contributed by atoms with van der Waals surface area (Å²) in [5.41, 5.74) is 2.47. The van der Waals surface area contributed by atoms with Crippen LogP contribution in [0, 0.1) is 11.6 Å². The third-order valence-electron chi connectivity index (χ3n) is 5.52. The molecule has 2 aromatic rings. The number of carbonyl (C=O) groups excluding carboxylic acids is 3. The van der Waals surface area contributed by atoms with Gasteiger partial charge < -0.3 is 21.1 Å². The van der Waals surface area contributed by atoms with Crippen LogP contribution in [0.3, 0.4) is 0 Å². The fraction of sp³-hybridized carbons (Fsp3) is 0.375. The molecule has 3 rings (SSSR count). The van der Waals surface area contributed by atoms with E-state index in [0.717, 1.165) is 30.2 Å². The van der Waals surface area contributed by atoms with Gasteiger partial charge in [0, 0.05) is 19.2 Å². The molecule has 8 nitrogen and oxygen atoms in total. The van der Waals surface area contributed by atoms with Crippen LogP contribution in [0.15, 0.2) is 42.5 Å². The molecule has 34 heavy (non-hydrogen) atoms. The van der Waals surface area contributed by atoms with E-state index in [1.165, 1.54) is 5.56 Å². The zero-order chi connectivity index (χ0) is 24.7. The van der Waals surface area contributed by atoms with Gasteiger partial charge in [-0.3, -0.25) is 14.9 Å². The minimum Gasteiger partial charge on any atom is -0.390 e. The van der Waals surface area contributed by atoms with Gasteiger partial charge in [0.15, 0.2) is 0 Å². The van der Waals surface area contributed by atoms with E-state index in [4.69, 9.17) is 0 Å². The lowest BCUT2D eigenvalue weighted by atomic mass is 10.00. The Bertz CT molecular complexity index is 1030. The van der Waals surface area contributed by atoms with Crippen LogP contribution in [-0.2, 0) is 29.0 Å². The molecule has 1 heterocycles. The van der Waals surface area contributed by atoms with E-state index in [1.54, 1.807) is 0 Å². The average molecular weight is 475 g/mol. The number of nitrogens with one attached hydrogen (secondary N) is 4. The number of urea groups is 1. The van der Waals surface area contributed by atoms with Crippen LogP contribution < -0.4 is 21.3 Å². The molecule has 3 atom stereocenters. The van der Waals surface area contributed by atoms with Gasteiger partial charge in [-0.15, -0.1) is 0 Å². The zero-order valence-corrected chi connectivity index (χ0v) is 18.7. The Morgan fingerprint density at radius 2 is 1.79 bits per heavy atom. The third kappa shape index (κ3) is 7.32. The molecule has 1 unspecified atom stereocenters. The van der Waals surface area contributed by atoms with Crippen LogP contribution in [0.5, 0.6) is 0 Å². The van der Waals surface area contributed by atoms with Crippen molar-refractivity contribution in [3.63, 3.8) is 0 Å². The SMILES string of the molecule is CCc1cccc(CNC[C@@H](O)[C@H](Cc2cc(F)cc(F)c2)NC(=O)CC2NC(=O)NC2=O)c1. The Kier molecular flexibility index (Phi) is 8.67. The standard InChI is InChI=1S/C24H28F2N4O4/c1-2-14-4-3-5-15(6-14)12-27-13-21(31)19(9-16-7-17(25)10-18(26)8-16)28-22(32)11-20-23(33)30-24(34)29-20/h3-8,10,19-21,27,31H,2,9,11-13H2,1H3,(H,28,32)(H2,29,30,33,34)/t19-,20?,21+/m0/s1. The first kappa shape index (κ1) is 25.3. The number of carbonyl (C=O) groups is 3. The van der Waals surface area contributed by atoms with Crippen LogP contribution >= 0.6 is 0 Å². The quantitative estimate of drug-likeness (QED) is 0.315. The Hall–Kier alpha value is -3.37. The molecule has 0 saturated carbocycles. The van der Waals surface area contributed by atoms with E-state index >= 15 is 0 Å². The molecule has 10 heteroatoms. The van der Waals surface area contributed by atoms with Gasteiger partial charge in [0.2, 0.25) is 5.91 Å². The first-order valence-electron chi connectivity index (χ1n) is 11.1. The van der Waals surface area contributed by atoms with Gasteiger partial charge in [-0.05, 0) is 41.7 Å². The van der Waals surface area contributed by atoms with Gasteiger partial charge in [-0.1, -0.05) is 31.2 Å². The molecular formula is C24H28F2N4O4. The number of hydrogen-bond acceptors (Lipinski definition) is 5. The summed E-state index contributed by atoms with van der Waals surface area (Å²) >= 11 is 0. The molecule has 4 amide bonds. The molecule has 0 bridgehead atoms. The number of aliphatic hydroxyl groups is 1. The van der Waals surface area contributed by atoms with Crippen LogP contribution in [0.1, 0.15) is 30.0 Å². The first-order valence-corrected chi connectivity index (χ1v) is 11.1. The molecule has 1 aliphatic rings. The number of imide groups is 1. The molecule has 5 N–H and O–H groups in total. The van der Waals surface area contributed by atoms with Crippen molar-refractivity contribution in [3.8, 4) is 0 Å². The number of hydrogen-bond donors (Lipinski definition) is 5. The summed E-state index contributed by atoms with van der Waals surface area (Å²) in [6.45, 7) is 2.63. The number of aryl methyl sites for hydroxylation is 1. The molecule has 0 radical (unpaired) electrons. The van der Waals surface area contributed by atoms with Gasteiger partial charge in [-0.2, -0.15) is 0 Å². The number of benzene rings is 2. The molecule has 0 aliphatic carbocycles. The third-order valence-corrected chi connectivity index (χ3v) is 5.52. The molecule has 2 aromatic carbocycles. The largest absolute Gasteiger partial charge is 0.390 e. The highest BCUT2D eigenvalue weighted by Crippen LogP contribution is 2.13. The second-order valence-electron chi connectivity index (χ2n) is 8.25. The van der Waals surface area contributed by atoms with Crippen molar-refractivity contribution in [1.29, 1.82) is 0 Å². The smallest absolute Gasteiger partial charge is 0.322 e. The Morgan fingerprint density at radius 1 is 1.09 bits per heavy atom. The van der Waals surface area contributed by atoms with E-state index in [0.29, 0.717) is 6.54 Å². The van der Waals surface area contributed by atoms with Gasteiger partial charge in [-0.25, -0.2) is 13.6 Å². The second-order valence-corrected chi connectivity index (χ2v) is 8.25. The summed E-state index contributed by atoms with van der Waals surface area (Å²) in [6, 6.07) is 8.35.